The van der Waals surface area contributed by atoms with Crippen molar-refractivity contribution in [2.75, 3.05) is 13.2 Å². The van der Waals surface area contributed by atoms with Gasteiger partial charge in [-0.25, -0.2) is 0 Å². The predicted molar refractivity (Wildman–Crippen MR) is 94.6 cm³/mol. The molecule has 0 aromatic heterocycles. The molecule has 1 rings (SSSR count). The Morgan fingerprint density at radius 3 is 1.68 bits per heavy atom. The van der Waals surface area contributed by atoms with Gasteiger partial charge in [-0.15, -0.1) is 0 Å². The van der Waals surface area contributed by atoms with Crippen LogP contribution in [-0.2, 0) is 27.6 Å². The van der Waals surface area contributed by atoms with E-state index in [9.17, 15) is 31.1 Å². The van der Waals surface area contributed by atoms with Gasteiger partial charge in [0.2, 0.25) is 0 Å². The molecule has 0 saturated heterocycles. The summed E-state index contributed by atoms with van der Waals surface area (Å²) in [5, 5.41) is 0. The Morgan fingerprint density at radius 1 is 0.786 bits per heavy atom. The lowest BCUT2D eigenvalue weighted by Crippen LogP contribution is -2.42. The third-order valence-corrected chi connectivity index (χ3v) is 6.56. The standard InChI is InChI=1S/C18H26F6O3Si/c1-3-26-28(25,27-4-2)10-8-6-5-7-9-14-11-15(17(19,20)21)13-16(12-14)18(22,23)24/h11-13,25H,3-10H2,1-2H3. The van der Waals surface area contributed by atoms with Gasteiger partial charge in [0.15, 0.2) is 0 Å². The second kappa shape index (κ2) is 10.6. The minimum atomic E-state index is -4.83. The monoisotopic (exact) mass is 432 g/mol. The van der Waals surface area contributed by atoms with Gasteiger partial charge in [-0.2, -0.15) is 26.3 Å². The molecule has 1 aromatic rings. The normalized spacial score (nSPS) is 13.2. The zero-order chi connectivity index (χ0) is 21.4. The van der Waals surface area contributed by atoms with Crippen molar-refractivity contribution in [3.05, 3.63) is 34.9 Å². The fraction of sp³-hybridized carbons (Fsp3) is 0.667. The Morgan fingerprint density at radius 2 is 1.25 bits per heavy atom. The van der Waals surface area contributed by atoms with E-state index >= 15 is 0 Å². The van der Waals surface area contributed by atoms with Crippen molar-refractivity contribution in [1.82, 2.24) is 0 Å². The topological polar surface area (TPSA) is 38.7 Å². The Hall–Kier alpha value is -1.10. The first-order valence-corrected chi connectivity index (χ1v) is 11.2. The molecular weight excluding hydrogens is 406 g/mol. The number of benzene rings is 1. The van der Waals surface area contributed by atoms with Crippen molar-refractivity contribution in [2.45, 2.75) is 64.3 Å². The van der Waals surface area contributed by atoms with Crippen molar-refractivity contribution in [1.29, 1.82) is 0 Å². The molecular formula is C18H26F6O3Si. The molecule has 3 nitrogen and oxygen atoms in total. The Labute approximate surface area is 162 Å². The second-order valence-corrected chi connectivity index (χ2v) is 8.91. The van der Waals surface area contributed by atoms with Crippen LogP contribution in [0.5, 0.6) is 0 Å². The largest absolute Gasteiger partial charge is 0.498 e. The molecule has 0 aliphatic carbocycles. The fourth-order valence-corrected chi connectivity index (χ4v) is 4.80. The molecule has 0 heterocycles. The molecule has 0 aliphatic rings. The highest BCUT2D eigenvalue weighted by Gasteiger charge is 2.37. The van der Waals surface area contributed by atoms with Crippen molar-refractivity contribution in [3.63, 3.8) is 0 Å². The number of aryl methyl sites for hydroxylation is 1. The first-order chi connectivity index (χ1) is 12.9. The van der Waals surface area contributed by atoms with E-state index in [2.05, 4.69) is 0 Å². The van der Waals surface area contributed by atoms with Gasteiger partial charge in [0, 0.05) is 19.3 Å². The van der Waals surface area contributed by atoms with Crippen LogP contribution in [0.25, 0.3) is 0 Å². The van der Waals surface area contributed by atoms with Gasteiger partial charge in [-0.1, -0.05) is 12.8 Å². The zero-order valence-corrected chi connectivity index (χ0v) is 16.9. The van der Waals surface area contributed by atoms with Crippen LogP contribution in [0.3, 0.4) is 0 Å². The molecule has 28 heavy (non-hydrogen) atoms. The summed E-state index contributed by atoms with van der Waals surface area (Å²) >= 11 is 0. The van der Waals surface area contributed by atoms with E-state index in [1.54, 1.807) is 13.8 Å². The third-order valence-electron chi connectivity index (χ3n) is 4.10. The Bertz CT molecular complexity index is 566. The third kappa shape index (κ3) is 8.50. The molecule has 0 saturated carbocycles. The van der Waals surface area contributed by atoms with Gasteiger partial charge in [0.25, 0.3) is 0 Å². The van der Waals surface area contributed by atoms with Crippen molar-refractivity contribution in [2.24, 2.45) is 0 Å². The Kier molecular flexibility index (Phi) is 9.45. The zero-order valence-electron chi connectivity index (χ0n) is 15.9. The first kappa shape index (κ1) is 24.9. The molecule has 0 fully saturated rings. The van der Waals surface area contributed by atoms with E-state index in [0.717, 1.165) is 12.1 Å². The average molecular weight is 432 g/mol. The van der Waals surface area contributed by atoms with Crippen LogP contribution in [0, 0.1) is 0 Å². The van der Waals surface area contributed by atoms with E-state index in [0.29, 0.717) is 44.9 Å². The number of halogens is 6. The summed E-state index contributed by atoms with van der Waals surface area (Å²) in [7, 11) is -3.18. The lowest BCUT2D eigenvalue weighted by molar-refractivity contribution is -0.143. The molecule has 0 unspecified atom stereocenters. The first-order valence-electron chi connectivity index (χ1n) is 9.20. The number of rotatable bonds is 11. The van der Waals surface area contributed by atoms with Crippen molar-refractivity contribution >= 4 is 8.80 Å². The highest BCUT2D eigenvalue weighted by molar-refractivity contribution is 6.59. The fourth-order valence-electron chi connectivity index (χ4n) is 2.83. The van der Waals surface area contributed by atoms with E-state index in [1.165, 1.54) is 0 Å². The maximum atomic E-state index is 12.9. The van der Waals surface area contributed by atoms with E-state index < -0.39 is 32.3 Å². The minimum Gasteiger partial charge on any atom is -0.390 e. The highest BCUT2D eigenvalue weighted by atomic mass is 28.4. The maximum Gasteiger partial charge on any atom is 0.498 e. The highest BCUT2D eigenvalue weighted by Crippen LogP contribution is 2.36. The summed E-state index contributed by atoms with van der Waals surface area (Å²) in [6, 6.07) is 2.04. The smallest absolute Gasteiger partial charge is 0.390 e. The van der Waals surface area contributed by atoms with Crippen LogP contribution in [0.2, 0.25) is 6.04 Å². The predicted octanol–water partition coefficient (Wildman–Crippen LogP) is 5.83. The van der Waals surface area contributed by atoms with Crippen molar-refractivity contribution < 1.29 is 40.0 Å². The summed E-state index contributed by atoms with van der Waals surface area (Å²) in [6.45, 7) is 4.17. The van der Waals surface area contributed by atoms with Crippen LogP contribution in [-0.4, -0.2) is 26.8 Å². The van der Waals surface area contributed by atoms with Crippen LogP contribution in [0.1, 0.15) is 56.2 Å². The number of hydrogen-bond donors (Lipinski definition) is 1. The molecule has 1 N–H and O–H groups in total. The summed E-state index contributed by atoms with van der Waals surface area (Å²) in [6.07, 6.45) is -7.21. The Balaban J connectivity index is 2.59. The quantitative estimate of drug-likeness (QED) is 0.272. The van der Waals surface area contributed by atoms with Crippen LogP contribution < -0.4 is 0 Å². The van der Waals surface area contributed by atoms with Crippen LogP contribution in [0.15, 0.2) is 18.2 Å². The molecule has 0 atom stereocenters. The van der Waals surface area contributed by atoms with Gasteiger partial charge in [-0.05, 0) is 56.9 Å². The number of alkyl halides is 6. The lowest BCUT2D eigenvalue weighted by Gasteiger charge is -2.22. The lowest BCUT2D eigenvalue weighted by atomic mass is 10.00. The molecule has 0 spiro atoms. The van der Waals surface area contributed by atoms with Crippen LogP contribution >= 0.6 is 0 Å². The molecule has 10 heteroatoms. The molecule has 0 bridgehead atoms. The van der Waals surface area contributed by atoms with Gasteiger partial charge in [-0.3, -0.25) is 0 Å². The van der Waals surface area contributed by atoms with Gasteiger partial charge >= 0.3 is 21.2 Å². The number of unbranched alkanes of at least 4 members (excludes halogenated alkanes) is 3. The van der Waals surface area contributed by atoms with E-state index in [4.69, 9.17) is 8.85 Å². The second-order valence-electron chi connectivity index (χ2n) is 6.41. The summed E-state index contributed by atoms with van der Waals surface area (Å²) in [5.74, 6) is 0. The van der Waals surface area contributed by atoms with E-state index in [1.807, 2.05) is 0 Å². The maximum absolute atomic E-state index is 12.9. The average Bonchev–Trinajstić information content (AvgIpc) is 2.56. The summed E-state index contributed by atoms with van der Waals surface area (Å²) < 4.78 is 87.7. The summed E-state index contributed by atoms with van der Waals surface area (Å²) in [5.41, 5.74) is -2.57. The number of hydrogen-bond acceptors (Lipinski definition) is 3. The molecule has 0 amide bonds. The van der Waals surface area contributed by atoms with E-state index in [-0.39, 0.29) is 18.1 Å². The molecule has 0 aliphatic heterocycles. The van der Waals surface area contributed by atoms with Gasteiger partial charge in [0.1, 0.15) is 0 Å². The minimum absolute atomic E-state index is 0.0108. The van der Waals surface area contributed by atoms with Gasteiger partial charge in [0.05, 0.1) is 11.1 Å². The molecule has 1 aromatic carbocycles. The molecule has 162 valence electrons. The SMILES string of the molecule is CCO[Si](O)(CCCCCCc1cc(C(F)(F)F)cc(C(F)(F)F)c1)OCC. The van der Waals surface area contributed by atoms with Gasteiger partial charge < -0.3 is 13.6 Å². The van der Waals surface area contributed by atoms with Crippen molar-refractivity contribution in [3.8, 4) is 0 Å². The summed E-state index contributed by atoms with van der Waals surface area (Å²) in [4.78, 5) is 10.2. The van der Waals surface area contributed by atoms with Crippen LogP contribution in [0.4, 0.5) is 26.3 Å². The molecule has 0 radical (unpaired) electrons.